The van der Waals surface area contributed by atoms with Crippen molar-refractivity contribution in [2.45, 2.75) is 66.2 Å². The van der Waals surface area contributed by atoms with Crippen LogP contribution >= 0.6 is 0 Å². The van der Waals surface area contributed by atoms with Gasteiger partial charge in [0.2, 0.25) is 0 Å². The third-order valence-corrected chi connectivity index (χ3v) is 10.5. The molecule has 324 valence electrons. The second-order valence-electron chi connectivity index (χ2n) is 15.0. The Labute approximate surface area is 402 Å². The van der Waals surface area contributed by atoms with Crippen molar-refractivity contribution >= 4 is 50.0 Å². The van der Waals surface area contributed by atoms with Gasteiger partial charge in [0.15, 0.2) is 0 Å². The van der Waals surface area contributed by atoms with Crippen molar-refractivity contribution in [2.24, 2.45) is 0 Å². The third kappa shape index (κ3) is 15.4. The minimum Gasteiger partial charge on any atom is -0.184 e. The quantitative estimate of drug-likeness (QED) is 0.115. The SMILES string of the molecule is CCc1cc2c(-c3cccc4ccccc34)cccc2[cH-]1.CCc1cc2c(-c3cccc4ccccc34)cccc2[cH-]1.[CH2-]CCC.[CH2-]CCC.[Si]=[Zr].[c-]1ccccc1.[c-]1ccccc1. The average Bonchev–Trinajstić information content (AvgIpc) is 4.03. The van der Waals surface area contributed by atoms with Crippen LogP contribution in [0, 0.1) is 26.0 Å². The van der Waals surface area contributed by atoms with Gasteiger partial charge in [-0.15, -0.1) is 69.1 Å². The van der Waals surface area contributed by atoms with Gasteiger partial charge in [-0.05, 0) is 45.5 Å². The smallest absolute Gasteiger partial charge is 0.171 e. The molecular weight excluding hydrogens is 864 g/mol. The van der Waals surface area contributed by atoms with Crippen LogP contribution in [0.4, 0.5) is 0 Å². The Hall–Kier alpha value is -5.40. The first-order valence-electron chi connectivity index (χ1n) is 22.5. The van der Waals surface area contributed by atoms with E-state index < -0.39 is 0 Å². The summed E-state index contributed by atoms with van der Waals surface area (Å²) in [5.74, 6) is 0. The van der Waals surface area contributed by atoms with E-state index >= 15 is 0 Å². The fourth-order valence-electron chi connectivity index (χ4n) is 7.08. The summed E-state index contributed by atoms with van der Waals surface area (Å²) >= 11 is 1.36. The second kappa shape index (κ2) is 29.9. The minimum absolute atomic E-state index is 1.07. The van der Waals surface area contributed by atoms with Gasteiger partial charge in [0.1, 0.15) is 0 Å². The molecule has 10 aromatic carbocycles. The van der Waals surface area contributed by atoms with E-state index in [0.717, 1.165) is 25.7 Å². The Kier molecular flexibility index (Phi) is 23.9. The van der Waals surface area contributed by atoms with Crippen LogP contribution in [-0.2, 0) is 36.2 Å². The molecule has 0 aromatic heterocycles. The Balaban J connectivity index is 0.000000193. The van der Waals surface area contributed by atoms with E-state index in [1.54, 1.807) is 0 Å². The van der Waals surface area contributed by atoms with Gasteiger partial charge in [0.05, 0.1) is 0 Å². The summed E-state index contributed by atoms with van der Waals surface area (Å²) in [7, 11) is 0. The van der Waals surface area contributed by atoms with Crippen LogP contribution in [-0.4, -0.2) is 6.88 Å². The summed E-state index contributed by atoms with van der Waals surface area (Å²) in [4.78, 5) is 0. The van der Waals surface area contributed by atoms with Crippen molar-refractivity contribution in [1.82, 2.24) is 0 Å². The molecule has 0 aliphatic carbocycles. The van der Waals surface area contributed by atoms with Crippen molar-refractivity contribution in [3.8, 4) is 22.3 Å². The van der Waals surface area contributed by atoms with Gasteiger partial charge in [0, 0.05) is 0 Å². The van der Waals surface area contributed by atoms with Crippen LogP contribution < -0.4 is 0 Å². The standard InChI is InChI=1S/2C21H17.2C6H5.2C4H9.Si.Zr/c2*1-2-15-13-17-9-6-12-20(21(17)14-15)19-11-5-8-16-7-3-4-10-18(16)19;2*1-2-4-6-5-3-1;2*1-3-4-2;;/h2*3-14H,2H2,1H3;2*1-5H;2*1,3-4H2,2H3;;/q6*-1;;. The molecule has 2 heteroatoms. The molecule has 0 aliphatic heterocycles. The van der Waals surface area contributed by atoms with Crippen LogP contribution in [0.5, 0.6) is 0 Å². The number of unbranched alkanes of at least 4 members (excludes halogenated alkanes) is 2. The van der Waals surface area contributed by atoms with Gasteiger partial charge in [-0.3, -0.25) is 0 Å². The average molecular weight is 926 g/mol. The molecule has 0 unspecified atom stereocenters. The predicted molar refractivity (Wildman–Crippen MR) is 281 cm³/mol. The number of fused-ring (bicyclic) bond motifs is 4. The fraction of sp³-hybridized carbons (Fsp3) is 0.161. The first kappa shape index (κ1) is 51.2. The van der Waals surface area contributed by atoms with Gasteiger partial charge in [-0.2, -0.15) is 97.8 Å². The molecule has 10 aromatic rings. The topological polar surface area (TPSA) is 0 Å². The predicted octanol–water partition coefficient (Wildman–Crippen LogP) is 17.7. The van der Waals surface area contributed by atoms with E-state index in [1.807, 2.05) is 60.7 Å². The van der Waals surface area contributed by atoms with Crippen LogP contribution in [0.25, 0.3) is 65.3 Å². The molecule has 10 rings (SSSR count). The van der Waals surface area contributed by atoms with E-state index in [2.05, 4.69) is 206 Å². The molecule has 2 radical (unpaired) electrons. The van der Waals surface area contributed by atoms with Crippen molar-refractivity contribution in [3.63, 3.8) is 0 Å². The van der Waals surface area contributed by atoms with Gasteiger partial charge >= 0.3 is 30.2 Å². The van der Waals surface area contributed by atoms with Crippen LogP contribution in [0.15, 0.2) is 206 Å². The molecule has 0 fully saturated rings. The van der Waals surface area contributed by atoms with Crippen LogP contribution in [0.1, 0.15) is 64.5 Å². The van der Waals surface area contributed by atoms with Gasteiger partial charge in [0.25, 0.3) is 0 Å². The minimum atomic E-state index is 1.07. The fourth-order valence-corrected chi connectivity index (χ4v) is 7.08. The summed E-state index contributed by atoms with van der Waals surface area (Å²) in [6.07, 6.45) is 6.73. The molecule has 0 N–H and O–H groups in total. The van der Waals surface area contributed by atoms with E-state index in [-0.39, 0.29) is 0 Å². The first-order chi connectivity index (χ1) is 31.6. The Bertz CT molecular complexity index is 2510. The number of hydrogen-bond donors (Lipinski definition) is 0. The summed E-state index contributed by atoms with van der Waals surface area (Å²) < 4.78 is 0. The molecule has 64 heavy (non-hydrogen) atoms. The second-order valence-corrected chi connectivity index (χ2v) is 15.0. The summed E-state index contributed by atoms with van der Waals surface area (Å²) in [5.41, 5.74) is 8.15. The number of hydrogen-bond acceptors (Lipinski definition) is 0. The van der Waals surface area contributed by atoms with E-state index in [4.69, 9.17) is 0 Å². The monoisotopic (exact) mass is 924 g/mol. The Morgan fingerprint density at radius 1 is 0.406 bits per heavy atom. The molecule has 0 saturated heterocycles. The molecule has 0 spiro atoms. The van der Waals surface area contributed by atoms with Crippen molar-refractivity contribution < 1.29 is 23.3 Å². The van der Waals surface area contributed by atoms with E-state index in [1.165, 1.54) is 113 Å². The van der Waals surface area contributed by atoms with Gasteiger partial charge < -0.3 is 13.8 Å². The summed E-state index contributed by atoms with van der Waals surface area (Å²) in [6.45, 7) is 18.9. The number of rotatable bonds is 6. The molecule has 0 heterocycles. The van der Waals surface area contributed by atoms with Crippen molar-refractivity contribution in [3.05, 3.63) is 243 Å². The van der Waals surface area contributed by atoms with E-state index in [9.17, 15) is 0 Å². The zero-order valence-electron chi connectivity index (χ0n) is 38.3. The maximum Gasteiger partial charge on any atom is -0.171 e. The Morgan fingerprint density at radius 2 is 0.719 bits per heavy atom. The zero-order chi connectivity index (χ0) is 45.8. The molecule has 0 nitrogen and oxygen atoms in total. The summed E-state index contributed by atoms with van der Waals surface area (Å²) in [6, 6.07) is 77.9. The maximum absolute atomic E-state index is 3.60. The first-order valence-corrected chi connectivity index (χ1v) is 26.7. The Morgan fingerprint density at radius 3 is 1.02 bits per heavy atom. The van der Waals surface area contributed by atoms with E-state index in [0.29, 0.717) is 0 Å². The number of aryl methyl sites for hydroxylation is 2. The largest absolute Gasteiger partial charge is 0.184 e. The van der Waals surface area contributed by atoms with Crippen molar-refractivity contribution in [1.29, 1.82) is 0 Å². The summed E-state index contributed by atoms with van der Waals surface area (Å²) in [5, 5.41) is 10.7. The molecular formula is C62H62SiZr-6. The maximum atomic E-state index is 3.60. The molecule has 0 bridgehead atoms. The van der Waals surface area contributed by atoms with Crippen molar-refractivity contribution in [2.75, 3.05) is 0 Å². The zero-order valence-corrected chi connectivity index (χ0v) is 41.7. The molecule has 0 saturated carbocycles. The molecule has 0 aliphatic rings. The van der Waals surface area contributed by atoms with Gasteiger partial charge in [-0.25, -0.2) is 0 Å². The third-order valence-electron chi connectivity index (χ3n) is 10.5. The van der Waals surface area contributed by atoms with Crippen LogP contribution in [0.3, 0.4) is 0 Å². The number of benzene rings is 8. The molecule has 0 amide bonds. The van der Waals surface area contributed by atoms with Crippen LogP contribution in [0.2, 0.25) is 0 Å². The molecule has 0 atom stereocenters. The van der Waals surface area contributed by atoms with Gasteiger partial charge in [-0.1, -0.05) is 149 Å². The normalized spacial score (nSPS) is 9.89.